The van der Waals surface area contributed by atoms with Crippen molar-refractivity contribution in [2.45, 2.75) is 18.5 Å². The molecule has 5 rings (SSSR count). The van der Waals surface area contributed by atoms with Gasteiger partial charge in [0.2, 0.25) is 5.91 Å². The number of nitrogens with zero attached hydrogens (tertiary/aromatic N) is 2. The fourth-order valence-electron chi connectivity index (χ4n) is 4.95. The van der Waals surface area contributed by atoms with Crippen molar-refractivity contribution in [2.75, 3.05) is 26.2 Å². The van der Waals surface area contributed by atoms with E-state index >= 15 is 0 Å². The van der Waals surface area contributed by atoms with E-state index in [1.54, 1.807) is 6.07 Å². The zero-order chi connectivity index (χ0) is 25.8. The van der Waals surface area contributed by atoms with Crippen molar-refractivity contribution < 1.29 is 13.6 Å². The number of hydrogen-bond donors (Lipinski definition) is 1. The maximum atomic E-state index is 14.2. The molecule has 1 aliphatic heterocycles. The van der Waals surface area contributed by atoms with Gasteiger partial charge in [-0.25, -0.2) is 8.78 Å². The first kappa shape index (κ1) is 25.3. The molecular weight excluding hydrogens is 488 g/mol. The quantitative estimate of drug-likeness (QED) is 0.352. The number of benzene rings is 3. The Morgan fingerprint density at radius 1 is 0.838 bits per heavy atom. The highest BCUT2D eigenvalue weighted by Crippen LogP contribution is 2.32. The molecule has 0 saturated carbocycles. The summed E-state index contributed by atoms with van der Waals surface area (Å²) in [7, 11) is 0. The third-order valence-corrected chi connectivity index (χ3v) is 7.96. The van der Waals surface area contributed by atoms with Crippen molar-refractivity contribution in [3.8, 4) is 10.4 Å². The van der Waals surface area contributed by atoms with Gasteiger partial charge in [0, 0.05) is 54.0 Å². The molecule has 3 aromatic carbocycles. The van der Waals surface area contributed by atoms with E-state index < -0.39 is 17.7 Å². The molecule has 1 fully saturated rings. The first-order valence-electron chi connectivity index (χ1n) is 12.4. The van der Waals surface area contributed by atoms with Gasteiger partial charge in [0.25, 0.3) is 0 Å². The Balaban J connectivity index is 1.22. The van der Waals surface area contributed by atoms with Crippen molar-refractivity contribution in [1.82, 2.24) is 9.80 Å². The molecule has 4 nitrogen and oxygen atoms in total. The smallest absolute Gasteiger partial charge is 0.239 e. The zero-order valence-corrected chi connectivity index (χ0v) is 21.2. The summed E-state index contributed by atoms with van der Waals surface area (Å²) in [6, 6.07) is 27.6. The van der Waals surface area contributed by atoms with Gasteiger partial charge in [-0.1, -0.05) is 60.7 Å². The van der Waals surface area contributed by atoms with Gasteiger partial charge in [-0.05, 0) is 35.4 Å². The van der Waals surface area contributed by atoms with Crippen LogP contribution in [-0.4, -0.2) is 47.9 Å². The second kappa shape index (κ2) is 11.3. The number of thiophene rings is 1. The van der Waals surface area contributed by atoms with E-state index in [9.17, 15) is 13.6 Å². The molecule has 1 aromatic heterocycles. The van der Waals surface area contributed by atoms with E-state index in [-0.39, 0.29) is 11.9 Å². The van der Waals surface area contributed by atoms with Crippen LogP contribution in [0.4, 0.5) is 8.78 Å². The molecule has 2 heterocycles. The van der Waals surface area contributed by atoms with Crippen LogP contribution in [0.2, 0.25) is 0 Å². The molecular formula is C30H29F2N3OS. The lowest BCUT2D eigenvalue weighted by atomic mass is 9.96. The van der Waals surface area contributed by atoms with Crippen molar-refractivity contribution in [1.29, 1.82) is 0 Å². The standard InChI is InChI=1S/C30H29F2N3OS/c31-23-11-13-25(26(32)19-23)28-14-12-24(37-28)20-27(33)30(36)35-17-15-34(16-18-35)29(21-7-3-1-4-8-21)22-9-5-2-6-10-22/h1-14,19,27,29H,15-18,20,33H2. The molecule has 1 atom stereocenters. The Kier molecular flexibility index (Phi) is 7.74. The second-order valence-corrected chi connectivity index (χ2v) is 10.5. The Hall–Kier alpha value is -3.39. The molecule has 37 heavy (non-hydrogen) atoms. The molecule has 190 valence electrons. The second-order valence-electron chi connectivity index (χ2n) is 9.29. The lowest BCUT2D eigenvalue weighted by Gasteiger charge is -2.40. The molecule has 2 N–H and O–H groups in total. The normalized spacial score (nSPS) is 15.2. The minimum Gasteiger partial charge on any atom is -0.339 e. The first-order chi connectivity index (χ1) is 18.0. The lowest BCUT2D eigenvalue weighted by Crippen LogP contribution is -2.54. The van der Waals surface area contributed by atoms with Crippen LogP contribution >= 0.6 is 11.3 Å². The van der Waals surface area contributed by atoms with Crippen LogP contribution in [-0.2, 0) is 11.2 Å². The lowest BCUT2D eigenvalue weighted by molar-refractivity contribution is -0.134. The zero-order valence-electron chi connectivity index (χ0n) is 20.4. The summed E-state index contributed by atoms with van der Waals surface area (Å²) in [6.45, 7) is 2.72. The van der Waals surface area contributed by atoms with Crippen LogP contribution in [0.1, 0.15) is 22.0 Å². The minimum absolute atomic E-state index is 0.0708. The summed E-state index contributed by atoms with van der Waals surface area (Å²) in [5.74, 6) is -1.28. The number of nitrogens with two attached hydrogens (primary N) is 1. The van der Waals surface area contributed by atoms with Gasteiger partial charge in [-0.15, -0.1) is 11.3 Å². The monoisotopic (exact) mass is 517 g/mol. The highest BCUT2D eigenvalue weighted by Gasteiger charge is 2.30. The topological polar surface area (TPSA) is 49.6 Å². The molecule has 1 unspecified atom stereocenters. The predicted octanol–water partition coefficient (Wildman–Crippen LogP) is 5.50. The van der Waals surface area contributed by atoms with Gasteiger partial charge in [-0.3, -0.25) is 9.69 Å². The fourth-order valence-corrected chi connectivity index (χ4v) is 6.04. The SMILES string of the molecule is NC(Cc1ccc(-c2ccc(F)cc2F)s1)C(=O)N1CCN(C(c2ccccc2)c2ccccc2)CC1. The van der Waals surface area contributed by atoms with Gasteiger partial charge >= 0.3 is 0 Å². The summed E-state index contributed by atoms with van der Waals surface area (Å²) in [4.78, 5) is 19.0. The van der Waals surface area contributed by atoms with E-state index in [0.29, 0.717) is 30.0 Å². The number of piperazine rings is 1. The number of carbonyl (C=O) groups is 1. The van der Waals surface area contributed by atoms with Crippen LogP contribution < -0.4 is 5.73 Å². The van der Waals surface area contributed by atoms with Crippen LogP contribution in [0.3, 0.4) is 0 Å². The highest BCUT2D eigenvalue weighted by atomic mass is 32.1. The van der Waals surface area contributed by atoms with Crippen molar-refractivity contribution in [3.05, 3.63) is 119 Å². The highest BCUT2D eigenvalue weighted by molar-refractivity contribution is 7.15. The van der Waals surface area contributed by atoms with E-state index in [4.69, 9.17) is 5.73 Å². The maximum Gasteiger partial charge on any atom is 0.239 e. The molecule has 0 radical (unpaired) electrons. The van der Waals surface area contributed by atoms with Crippen molar-refractivity contribution in [3.63, 3.8) is 0 Å². The average molecular weight is 518 g/mol. The van der Waals surface area contributed by atoms with Crippen LogP contribution in [0.5, 0.6) is 0 Å². The number of carbonyl (C=O) groups excluding carboxylic acids is 1. The average Bonchev–Trinajstić information content (AvgIpc) is 3.38. The largest absolute Gasteiger partial charge is 0.339 e. The third kappa shape index (κ3) is 5.80. The number of halogens is 2. The van der Waals surface area contributed by atoms with Gasteiger partial charge in [-0.2, -0.15) is 0 Å². The van der Waals surface area contributed by atoms with Crippen molar-refractivity contribution in [2.24, 2.45) is 5.73 Å². The minimum atomic E-state index is -0.671. The van der Waals surface area contributed by atoms with E-state index in [0.717, 1.165) is 24.0 Å². The van der Waals surface area contributed by atoms with Crippen molar-refractivity contribution >= 4 is 17.2 Å². The summed E-state index contributed by atoms with van der Waals surface area (Å²) < 4.78 is 27.4. The number of hydrogen-bond acceptors (Lipinski definition) is 4. The summed E-state index contributed by atoms with van der Waals surface area (Å²) in [5.41, 5.74) is 9.15. The molecule has 1 amide bonds. The summed E-state index contributed by atoms with van der Waals surface area (Å²) >= 11 is 1.38. The Labute approximate surface area is 220 Å². The van der Waals surface area contributed by atoms with Gasteiger partial charge in [0.15, 0.2) is 0 Å². The Morgan fingerprint density at radius 3 is 2.05 bits per heavy atom. The molecule has 7 heteroatoms. The van der Waals surface area contributed by atoms with Crippen LogP contribution in [0.15, 0.2) is 91.0 Å². The maximum absolute atomic E-state index is 14.2. The number of amides is 1. The third-order valence-electron chi connectivity index (χ3n) is 6.82. The molecule has 1 aliphatic rings. The molecule has 4 aromatic rings. The Morgan fingerprint density at radius 2 is 1.46 bits per heavy atom. The molecule has 0 aliphatic carbocycles. The van der Waals surface area contributed by atoms with Crippen LogP contribution in [0.25, 0.3) is 10.4 Å². The summed E-state index contributed by atoms with van der Waals surface area (Å²) in [5, 5.41) is 0. The van der Waals surface area contributed by atoms with E-state index in [1.807, 2.05) is 23.1 Å². The van der Waals surface area contributed by atoms with Crippen LogP contribution in [0, 0.1) is 11.6 Å². The van der Waals surface area contributed by atoms with Gasteiger partial charge < -0.3 is 10.6 Å². The predicted molar refractivity (Wildman–Crippen MR) is 144 cm³/mol. The Bertz CT molecular complexity index is 1300. The molecule has 0 spiro atoms. The molecule has 0 bridgehead atoms. The van der Waals surface area contributed by atoms with Gasteiger partial charge in [0.1, 0.15) is 11.6 Å². The van der Waals surface area contributed by atoms with Gasteiger partial charge in [0.05, 0.1) is 12.1 Å². The molecule has 1 saturated heterocycles. The fraction of sp³-hybridized carbons (Fsp3) is 0.233. The first-order valence-corrected chi connectivity index (χ1v) is 13.2. The van der Waals surface area contributed by atoms with E-state index in [2.05, 4.69) is 53.4 Å². The summed E-state index contributed by atoms with van der Waals surface area (Å²) in [6.07, 6.45) is 0.378. The number of rotatable bonds is 7. The van der Waals surface area contributed by atoms with E-state index in [1.165, 1.54) is 34.6 Å².